The van der Waals surface area contributed by atoms with E-state index in [-0.39, 0.29) is 6.04 Å². The highest BCUT2D eigenvalue weighted by Crippen LogP contribution is 2.31. The summed E-state index contributed by atoms with van der Waals surface area (Å²) in [5.74, 6) is 1.01. The summed E-state index contributed by atoms with van der Waals surface area (Å²) in [5.41, 5.74) is 3.71. The number of rotatable bonds is 4. The Morgan fingerprint density at radius 1 is 0.773 bits per heavy atom. The first kappa shape index (κ1) is 14.3. The lowest BCUT2D eigenvalue weighted by atomic mass is 9.97. The molecule has 1 heterocycles. The van der Waals surface area contributed by atoms with Crippen molar-refractivity contribution in [3.05, 3.63) is 95.7 Å². The predicted octanol–water partition coefficient (Wildman–Crippen LogP) is 4.62. The summed E-state index contributed by atoms with van der Waals surface area (Å²) in [4.78, 5) is 6.83. The molecule has 0 radical (unpaired) electrons. The second-order valence-corrected chi connectivity index (χ2v) is 5.48. The standard InChI is InChI=1S/C20H20N2/c1-16-10-9-15-21-20(16)22(2)19(17-11-5-3-6-12-17)18-13-7-4-8-14-18/h3-15,19H,1-2H3. The number of anilines is 1. The van der Waals surface area contributed by atoms with Crippen molar-refractivity contribution in [2.75, 3.05) is 11.9 Å². The average Bonchev–Trinajstić information content (AvgIpc) is 2.57. The average molecular weight is 288 g/mol. The number of benzene rings is 2. The Hall–Kier alpha value is -2.61. The van der Waals surface area contributed by atoms with E-state index in [9.17, 15) is 0 Å². The van der Waals surface area contributed by atoms with Gasteiger partial charge in [0.2, 0.25) is 0 Å². The van der Waals surface area contributed by atoms with Crippen LogP contribution in [0.15, 0.2) is 79.0 Å². The zero-order valence-electron chi connectivity index (χ0n) is 13.0. The smallest absolute Gasteiger partial charge is 0.131 e. The van der Waals surface area contributed by atoms with Crippen LogP contribution in [0.2, 0.25) is 0 Å². The predicted molar refractivity (Wildman–Crippen MR) is 92.1 cm³/mol. The van der Waals surface area contributed by atoms with Crippen LogP contribution in [0, 0.1) is 6.92 Å². The number of hydrogen-bond acceptors (Lipinski definition) is 2. The molecule has 0 spiro atoms. The van der Waals surface area contributed by atoms with Crippen molar-refractivity contribution in [1.82, 2.24) is 4.98 Å². The second kappa shape index (κ2) is 6.44. The van der Waals surface area contributed by atoms with Gasteiger partial charge in [-0.1, -0.05) is 66.7 Å². The monoisotopic (exact) mass is 288 g/mol. The van der Waals surface area contributed by atoms with Gasteiger partial charge in [-0.15, -0.1) is 0 Å². The third-order valence-corrected chi connectivity index (χ3v) is 3.93. The molecule has 2 aromatic carbocycles. The SMILES string of the molecule is Cc1cccnc1N(C)C(c1ccccc1)c1ccccc1. The van der Waals surface area contributed by atoms with Crippen molar-refractivity contribution < 1.29 is 0 Å². The van der Waals surface area contributed by atoms with Gasteiger partial charge >= 0.3 is 0 Å². The first-order chi connectivity index (χ1) is 10.8. The van der Waals surface area contributed by atoms with Gasteiger partial charge in [0.05, 0.1) is 6.04 Å². The van der Waals surface area contributed by atoms with Crippen LogP contribution < -0.4 is 4.90 Å². The van der Waals surface area contributed by atoms with E-state index in [1.165, 1.54) is 16.7 Å². The summed E-state index contributed by atoms with van der Waals surface area (Å²) in [7, 11) is 2.11. The summed E-state index contributed by atoms with van der Waals surface area (Å²) in [6.45, 7) is 2.10. The van der Waals surface area contributed by atoms with Gasteiger partial charge in [0.15, 0.2) is 0 Å². The molecular weight excluding hydrogens is 268 g/mol. The molecule has 0 bridgehead atoms. The minimum Gasteiger partial charge on any atom is -0.348 e. The van der Waals surface area contributed by atoms with Crippen LogP contribution in [0.1, 0.15) is 22.7 Å². The summed E-state index contributed by atoms with van der Waals surface area (Å²) in [6, 6.07) is 25.4. The van der Waals surface area contributed by atoms with Gasteiger partial charge in [-0.05, 0) is 29.7 Å². The Bertz CT molecular complexity index is 683. The Labute approximate surface area is 132 Å². The fourth-order valence-corrected chi connectivity index (χ4v) is 2.88. The van der Waals surface area contributed by atoms with Crippen molar-refractivity contribution in [1.29, 1.82) is 0 Å². The van der Waals surface area contributed by atoms with Gasteiger partial charge in [0.25, 0.3) is 0 Å². The molecule has 1 aromatic heterocycles. The molecule has 0 saturated heterocycles. The lowest BCUT2D eigenvalue weighted by Crippen LogP contribution is -2.26. The van der Waals surface area contributed by atoms with Gasteiger partial charge in [0.1, 0.15) is 5.82 Å². The maximum absolute atomic E-state index is 4.58. The zero-order chi connectivity index (χ0) is 15.4. The zero-order valence-corrected chi connectivity index (χ0v) is 13.0. The van der Waals surface area contributed by atoms with Crippen molar-refractivity contribution in [2.45, 2.75) is 13.0 Å². The third kappa shape index (κ3) is 2.86. The minimum absolute atomic E-state index is 0.149. The summed E-state index contributed by atoms with van der Waals surface area (Å²) in [6.07, 6.45) is 1.85. The topological polar surface area (TPSA) is 16.1 Å². The summed E-state index contributed by atoms with van der Waals surface area (Å²) < 4.78 is 0. The number of aromatic nitrogens is 1. The molecular formula is C20H20N2. The lowest BCUT2D eigenvalue weighted by molar-refractivity contribution is 0.766. The van der Waals surface area contributed by atoms with Gasteiger partial charge in [-0.3, -0.25) is 0 Å². The van der Waals surface area contributed by atoms with E-state index < -0.39 is 0 Å². The molecule has 2 nitrogen and oxygen atoms in total. The minimum atomic E-state index is 0.149. The highest BCUT2D eigenvalue weighted by atomic mass is 15.2. The molecule has 0 unspecified atom stereocenters. The molecule has 0 aliphatic heterocycles. The third-order valence-electron chi connectivity index (χ3n) is 3.93. The Kier molecular flexibility index (Phi) is 4.19. The largest absolute Gasteiger partial charge is 0.348 e. The van der Waals surface area contributed by atoms with Crippen LogP contribution in [0.25, 0.3) is 0 Å². The molecule has 110 valence electrons. The second-order valence-electron chi connectivity index (χ2n) is 5.48. The maximum Gasteiger partial charge on any atom is 0.131 e. The van der Waals surface area contributed by atoms with Gasteiger partial charge in [0, 0.05) is 13.2 Å². The molecule has 3 rings (SSSR count). The van der Waals surface area contributed by atoms with Crippen molar-refractivity contribution in [3.8, 4) is 0 Å². The lowest BCUT2D eigenvalue weighted by Gasteiger charge is -2.31. The van der Waals surface area contributed by atoms with Crippen LogP contribution in [-0.4, -0.2) is 12.0 Å². The molecule has 0 atom stereocenters. The van der Waals surface area contributed by atoms with Gasteiger partial charge in [-0.2, -0.15) is 0 Å². The Balaban J connectivity index is 2.08. The van der Waals surface area contributed by atoms with Crippen molar-refractivity contribution in [2.24, 2.45) is 0 Å². The summed E-state index contributed by atoms with van der Waals surface area (Å²) in [5, 5.41) is 0. The molecule has 0 fully saturated rings. The maximum atomic E-state index is 4.58. The quantitative estimate of drug-likeness (QED) is 0.696. The molecule has 0 aliphatic rings. The highest BCUT2D eigenvalue weighted by Gasteiger charge is 2.21. The van der Waals surface area contributed by atoms with E-state index in [1.54, 1.807) is 0 Å². The normalized spacial score (nSPS) is 10.7. The van der Waals surface area contributed by atoms with E-state index in [4.69, 9.17) is 0 Å². The summed E-state index contributed by atoms with van der Waals surface area (Å²) >= 11 is 0. The molecule has 0 N–H and O–H groups in total. The van der Waals surface area contributed by atoms with Crippen LogP contribution in [0.4, 0.5) is 5.82 Å². The molecule has 0 aliphatic carbocycles. The molecule has 2 heteroatoms. The number of pyridine rings is 1. The number of aryl methyl sites for hydroxylation is 1. The molecule has 22 heavy (non-hydrogen) atoms. The van der Waals surface area contributed by atoms with Crippen LogP contribution >= 0.6 is 0 Å². The van der Waals surface area contributed by atoms with Crippen LogP contribution in [-0.2, 0) is 0 Å². The van der Waals surface area contributed by atoms with Gasteiger partial charge in [-0.25, -0.2) is 4.98 Å². The van der Waals surface area contributed by atoms with Gasteiger partial charge < -0.3 is 4.90 Å². The van der Waals surface area contributed by atoms with Crippen LogP contribution in [0.3, 0.4) is 0 Å². The Morgan fingerprint density at radius 2 is 1.32 bits per heavy atom. The number of nitrogens with zero attached hydrogens (tertiary/aromatic N) is 2. The van der Waals surface area contributed by atoms with Crippen molar-refractivity contribution in [3.63, 3.8) is 0 Å². The first-order valence-corrected chi connectivity index (χ1v) is 7.51. The van der Waals surface area contributed by atoms with E-state index >= 15 is 0 Å². The Morgan fingerprint density at radius 3 is 1.82 bits per heavy atom. The molecule has 3 aromatic rings. The fourth-order valence-electron chi connectivity index (χ4n) is 2.88. The van der Waals surface area contributed by atoms with E-state index in [0.717, 1.165) is 5.82 Å². The first-order valence-electron chi connectivity index (χ1n) is 7.51. The highest BCUT2D eigenvalue weighted by molar-refractivity contribution is 5.51. The molecule has 0 amide bonds. The van der Waals surface area contributed by atoms with E-state index in [2.05, 4.69) is 90.6 Å². The van der Waals surface area contributed by atoms with Crippen molar-refractivity contribution >= 4 is 5.82 Å². The van der Waals surface area contributed by atoms with Crippen LogP contribution in [0.5, 0.6) is 0 Å². The van der Waals surface area contributed by atoms with E-state index in [0.29, 0.717) is 0 Å². The molecule has 0 saturated carbocycles. The fraction of sp³-hybridized carbons (Fsp3) is 0.150. The van der Waals surface area contributed by atoms with E-state index in [1.807, 2.05) is 12.3 Å². The number of hydrogen-bond donors (Lipinski definition) is 0.